The molecule has 5 heteroatoms. The summed E-state index contributed by atoms with van der Waals surface area (Å²) in [6, 6.07) is 8.16. The van der Waals surface area contributed by atoms with Gasteiger partial charge in [0.1, 0.15) is 0 Å². The van der Waals surface area contributed by atoms with Gasteiger partial charge in [0.05, 0.1) is 0 Å². The summed E-state index contributed by atoms with van der Waals surface area (Å²) in [5.41, 5.74) is 2.46. The predicted octanol–water partition coefficient (Wildman–Crippen LogP) is 2.65. The Bertz CT molecular complexity index is 537. The van der Waals surface area contributed by atoms with Crippen LogP contribution in [0, 0.1) is 0 Å². The fourth-order valence-electron chi connectivity index (χ4n) is 2.00. The van der Waals surface area contributed by atoms with Gasteiger partial charge in [-0.15, -0.1) is 0 Å². The van der Waals surface area contributed by atoms with E-state index in [1.807, 2.05) is 24.4 Å². The van der Waals surface area contributed by atoms with Crippen LogP contribution in [0.25, 0.3) is 0 Å². The summed E-state index contributed by atoms with van der Waals surface area (Å²) in [4.78, 5) is 8.56. The average Bonchev–Trinajstić information content (AvgIpc) is 3.06. The van der Waals surface area contributed by atoms with Crippen molar-refractivity contribution in [2.24, 2.45) is 4.99 Å². The molecular weight excluding hydrogens is 280 g/mol. The summed E-state index contributed by atoms with van der Waals surface area (Å²) in [7, 11) is 1.80. The molecule has 0 aliphatic rings. The van der Waals surface area contributed by atoms with E-state index in [-0.39, 0.29) is 0 Å². The molecule has 4 nitrogen and oxygen atoms in total. The lowest BCUT2D eigenvalue weighted by Gasteiger charge is -2.15. The number of nitrogens with zero attached hydrogens (tertiary/aromatic N) is 2. The first-order chi connectivity index (χ1) is 10.3. The summed E-state index contributed by atoms with van der Waals surface area (Å²) in [5.74, 6) is 1.32. The van der Waals surface area contributed by atoms with E-state index >= 15 is 0 Å². The molecule has 0 aliphatic heterocycles. The van der Waals surface area contributed by atoms with Crippen molar-refractivity contribution in [1.29, 1.82) is 0 Å². The molecule has 2 N–H and O–H groups in total. The van der Waals surface area contributed by atoms with Gasteiger partial charge in [0.2, 0.25) is 0 Å². The smallest absolute Gasteiger partial charge is 0.191 e. The molecule has 0 amide bonds. The first-order valence-corrected chi connectivity index (χ1v) is 8.10. The third-order valence-corrected chi connectivity index (χ3v) is 4.01. The van der Waals surface area contributed by atoms with Crippen molar-refractivity contribution in [3.05, 3.63) is 52.5 Å². The Labute approximate surface area is 130 Å². The summed E-state index contributed by atoms with van der Waals surface area (Å²) < 4.78 is 0. The van der Waals surface area contributed by atoms with E-state index in [0.717, 1.165) is 31.2 Å². The van der Waals surface area contributed by atoms with Gasteiger partial charge in [-0.2, -0.15) is 11.3 Å². The fourth-order valence-corrected chi connectivity index (χ4v) is 2.78. The molecule has 1 atom stereocenters. The van der Waals surface area contributed by atoms with E-state index in [2.05, 4.69) is 44.4 Å². The molecular formula is C16H22N4S. The first-order valence-electron chi connectivity index (χ1n) is 7.16. The highest BCUT2D eigenvalue weighted by Gasteiger charge is 2.06. The van der Waals surface area contributed by atoms with Gasteiger partial charge in [-0.25, -0.2) is 0 Å². The molecule has 2 heterocycles. The van der Waals surface area contributed by atoms with Crippen molar-refractivity contribution in [1.82, 2.24) is 15.6 Å². The standard InChI is InChI=1S/C16H22N4S/c1-13(14-7-10-21-12-14)11-20-16(17-2)19-9-6-15-5-3-4-8-18-15/h3-5,7-8,10,12-13H,6,9,11H2,1-2H3,(H2,17,19,20). The highest BCUT2D eigenvalue weighted by atomic mass is 32.1. The van der Waals surface area contributed by atoms with Gasteiger partial charge in [-0.05, 0) is 40.4 Å². The van der Waals surface area contributed by atoms with Gasteiger partial charge in [0, 0.05) is 38.4 Å². The van der Waals surface area contributed by atoms with Crippen molar-refractivity contribution in [3.63, 3.8) is 0 Å². The lowest BCUT2D eigenvalue weighted by atomic mass is 10.1. The molecule has 2 rings (SSSR count). The summed E-state index contributed by atoms with van der Waals surface area (Å²) in [5, 5.41) is 11.0. The molecule has 0 spiro atoms. The van der Waals surface area contributed by atoms with Gasteiger partial charge >= 0.3 is 0 Å². The van der Waals surface area contributed by atoms with Crippen LogP contribution < -0.4 is 10.6 Å². The summed E-state index contributed by atoms with van der Waals surface area (Å²) in [6.45, 7) is 3.92. The number of rotatable bonds is 6. The highest BCUT2D eigenvalue weighted by molar-refractivity contribution is 7.07. The maximum atomic E-state index is 4.31. The van der Waals surface area contributed by atoms with Crippen LogP contribution in [0.1, 0.15) is 24.1 Å². The van der Waals surface area contributed by atoms with Gasteiger partial charge < -0.3 is 10.6 Å². The number of aliphatic imine (C=N–C) groups is 1. The Morgan fingerprint density at radius 2 is 2.24 bits per heavy atom. The summed E-state index contributed by atoms with van der Waals surface area (Å²) in [6.07, 6.45) is 2.71. The molecule has 2 aromatic heterocycles. The molecule has 112 valence electrons. The van der Waals surface area contributed by atoms with Gasteiger partial charge in [0.25, 0.3) is 0 Å². The van der Waals surface area contributed by atoms with Crippen LogP contribution in [0.15, 0.2) is 46.2 Å². The van der Waals surface area contributed by atoms with Crippen LogP contribution in [0.5, 0.6) is 0 Å². The Balaban J connectivity index is 1.71. The average molecular weight is 302 g/mol. The van der Waals surface area contributed by atoms with Crippen LogP contribution in [0.2, 0.25) is 0 Å². The number of nitrogens with one attached hydrogen (secondary N) is 2. The van der Waals surface area contributed by atoms with Crippen LogP contribution in [-0.2, 0) is 6.42 Å². The fraction of sp³-hybridized carbons (Fsp3) is 0.375. The number of thiophene rings is 1. The number of hydrogen-bond donors (Lipinski definition) is 2. The molecule has 0 bridgehead atoms. The maximum Gasteiger partial charge on any atom is 0.191 e. The predicted molar refractivity (Wildman–Crippen MR) is 90.0 cm³/mol. The molecule has 21 heavy (non-hydrogen) atoms. The molecule has 0 radical (unpaired) electrons. The second-order valence-electron chi connectivity index (χ2n) is 4.91. The Morgan fingerprint density at radius 3 is 2.90 bits per heavy atom. The number of pyridine rings is 1. The number of hydrogen-bond acceptors (Lipinski definition) is 3. The monoisotopic (exact) mass is 302 g/mol. The van der Waals surface area contributed by atoms with Gasteiger partial charge in [-0.1, -0.05) is 13.0 Å². The van der Waals surface area contributed by atoms with Crippen LogP contribution in [0.4, 0.5) is 0 Å². The molecule has 0 saturated heterocycles. The Kier molecular flexibility index (Phi) is 6.22. The zero-order valence-corrected chi connectivity index (χ0v) is 13.4. The van der Waals surface area contributed by atoms with Crippen LogP contribution in [-0.4, -0.2) is 31.1 Å². The SMILES string of the molecule is CN=C(NCCc1ccccn1)NCC(C)c1ccsc1. The minimum atomic E-state index is 0.477. The number of guanidine groups is 1. The maximum absolute atomic E-state index is 4.31. The van der Waals surface area contributed by atoms with E-state index in [0.29, 0.717) is 5.92 Å². The van der Waals surface area contributed by atoms with E-state index in [1.165, 1.54) is 5.56 Å². The summed E-state index contributed by atoms with van der Waals surface area (Å²) >= 11 is 1.74. The largest absolute Gasteiger partial charge is 0.356 e. The second kappa shape index (κ2) is 8.42. The molecule has 0 fully saturated rings. The lowest BCUT2D eigenvalue weighted by molar-refractivity contribution is 0.698. The highest BCUT2D eigenvalue weighted by Crippen LogP contribution is 2.16. The molecule has 0 aromatic carbocycles. The van der Waals surface area contributed by atoms with Crippen LogP contribution in [0.3, 0.4) is 0 Å². The third-order valence-electron chi connectivity index (χ3n) is 3.31. The van der Waals surface area contributed by atoms with Crippen molar-refractivity contribution in [3.8, 4) is 0 Å². The zero-order chi connectivity index (χ0) is 14.9. The van der Waals surface area contributed by atoms with E-state index in [4.69, 9.17) is 0 Å². The molecule has 0 saturated carbocycles. The normalized spacial score (nSPS) is 13.0. The quantitative estimate of drug-likeness (QED) is 0.637. The van der Waals surface area contributed by atoms with Crippen molar-refractivity contribution in [2.75, 3.05) is 20.1 Å². The van der Waals surface area contributed by atoms with Crippen molar-refractivity contribution in [2.45, 2.75) is 19.3 Å². The van der Waals surface area contributed by atoms with E-state index in [1.54, 1.807) is 18.4 Å². The first kappa shape index (κ1) is 15.5. The Hall–Kier alpha value is -1.88. The van der Waals surface area contributed by atoms with E-state index < -0.39 is 0 Å². The lowest BCUT2D eigenvalue weighted by Crippen LogP contribution is -2.39. The second-order valence-corrected chi connectivity index (χ2v) is 5.69. The number of aromatic nitrogens is 1. The third kappa shape index (κ3) is 5.19. The topological polar surface area (TPSA) is 49.3 Å². The van der Waals surface area contributed by atoms with Crippen molar-refractivity contribution < 1.29 is 0 Å². The minimum Gasteiger partial charge on any atom is -0.356 e. The molecule has 2 aromatic rings. The molecule has 0 aliphatic carbocycles. The minimum absolute atomic E-state index is 0.477. The van der Waals surface area contributed by atoms with Gasteiger partial charge in [-0.3, -0.25) is 9.98 Å². The zero-order valence-electron chi connectivity index (χ0n) is 12.5. The Morgan fingerprint density at radius 1 is 1.33 bits per heavy atom. The van der Waals surface area contributed by atoms with Gasteiger partial charge in [0.15, 0.2) is 5.96 Å². The van der Waals surface area contributed by atoms with E-state index in [9.17, 15) is 0 Å². The van der Waals surface area contributed by atoms with Crippen LogP contribution >= 0.6 is 11.3 Å². The van der Waals surface area contributed by atoms with Crippen molar-refractivity contribution >= 4 is 17.3 Å². The molecule has 1 unspecified atom stereocenters.